The molecule has 1 aliphatic carbocycles. The maximum Gasteiger partial charge on any atom is 0.414 e. The lowest BCUT2D eigenvalue weighted by atomic mass is 10.1. The van der Waals surface area contributed by atoms with Gasteiger partial charge in [-0.2, -0.15) is 0 Å². The predicted octanol–water partition coefficient (Wildman–Crippen LogP) is 5.55. The molecule has 0 bridgehead atoms. The maximum absolute atomic E-state index is 15.4. The molecule has 5 rings (SSSR count). The van der Waals surface area contributed by atoms with Crippen molar-refractivity contribution in [2.75, 3.05) is 44.0 Å². The van der Waals surface area contributed by atoms with E-state index in [2.05, 4.69) is 33.9 Å². The van der Waals surface area contributed by atoms with Crippen molar-refractivity contribution in [2.24, 2.45) is 5.41 Å². The lowest BCUT2D eigenvalue weighted by Crippen LogP contribution is -2.34. The third-order valence-electron chi connectivity index (χ3n) is 7.20. The van der Waals surface area contributed by atoms with E-state index in [4.69, 9.17) is 16.3 Å². The van der Waals surface area contributed by atoms with Gasteiger partial charge in [0, 0.05) is 37.7 Å². The number of carbonyl (C=O) groups is 1. The van der Waals surface area contributed by atoms with Crippen LogP contribution in [0.4, 0.5) is 25.0 Å². The Balaban J connectivity index is 1.66. The lowest BCUT2D eigenvalue weighted by Gasteiger charge is -2.25. The maximum atomic E-state index is 15.4. The molecule has 3 aromatic rings. The average molecular weight is 506 g/mol. The number of carbonyl (C=O) groups excluding carboxylic acids is 1. The predicted molar refractivity (Wildman–Crippen MR) is 135 cm³/mol. The number of ether oxygens (including phenoxy) is 1. The number of halogens is 3. The molecule has 1 amide bonds. The molecule has 7 nitrogen and oxygen atoms in total. The molecule has 1 saturated heterocycles. The summed E-state index contributed by atoms with van der Waals surface area (Å²) in [6.07, 6.45) is 2.95. The summed E-state index contributed by atoms with van der Waals surface area (Å²) in [4.78, 5) is 25.8. The molecule has 35 heavy (non-hydrogen) atoms. The zero-order valence-corrected chi connectivity index (χ0v) is 21.6. The van der Waals surface area contributed by atoms with Crippen LogP contribution in [0.3, 0.4) is 0 Å². The number of fused-ring (bicyclic) bond motifs is 3. The van der Waals surface area contributed by atoms with Gasteiger partial charge < -0.3 is 19.5 Å². The van der Waals surface area contributed by atoms with Gasteiger partial charge in [0.1, 0.15) is 11.2 Å². The Morgan fingerprint density at radius 2 is 2.00 bits per heavy atom. The van der Waals surface area contributed by atoms with E-state index < -0.39 is 23.3 Å². The molecule has 2 aliphatic rings. The van der Waals surface area contributed by atoms with Gasteiger partial charge >= 0.3 is 6.09 Å². The quantitative estimate of drug-likeness (QED) is 0.505. The Morgan fingerprint density at radius 3 is 2.63 bits per heavy atom. The van der Waals surface area contributed by atoms with E-state index in [1.165, 1.54) is 18.1 Å². The summed E-state index contributed by atoms with van der Waals surface area (Å²) in [6, 6.07) is 1.49. The first-order valence-corrected chi connectivity index (χ1v) is 12.1. The number of aromatic amines is 1. The molecule has 1 spiro atoms. The highest BCUT2D eigenvalue weighted by Gasteiger charge is 2.58. The molecule has 1 aliphatic heterocycles. The highest BCUT2D eigenvalue weighted by atomic mass is 35.5. The lowest BCUT2D eigenvalue weighted by molar-refractivity contribution is 0.0589. The normalized spacial score (nSPS) is 22.1. The van der Waals surface area contributed by atoms with Crippen molar-refractivity contribution in [3.8, 4) is 0 Å². The minimum atomic E-state index is -1.07. The van der Waals surface area contributed by atoms with Crippen molar-refractivity contribution >= 4 is 51.0 Å². The molecule has 0 radical (unpaired) electrons. The topological polar surface area (TPSA) is 64.7 Å². The summed E-state index contributed by atoms with van der Waals surface area (Å²) in [6.45, 7) is 6.76. The fourth-order valence-corrected chi connectivity index (χ4v) is 5.75. The first-order valence-electron chi connectivity index (χ1n) is 11.7. The Labute approximate surface area is 208 Å². The van der Waals surface area contributed by atoms with Crippen LogP contribution >= 0.6 is 11.6 Å². The van der Waals surface area contributed by atoms with Crippen LogP contribution in [0.5, 0.6) is 0 Å². The molecular weight excluding hydrogens is 476 g/mol. The van der Waals surface area contributed by atoms with Gasteiger partial charge in [-0.05, 0) is 47.7 Å². The number of pyridine rings is 1. The zero-order chi connectivity index (χ0) is 25.4. The number of benzene rings is 1. The number of aromatic nitrogens is 2. The van der Waals surface area contributed by atoms with Crippen LogP contribution in [-0.2, 0) is 4.74 Å². The van der Waals surface area contributed by atoms with Crippen molar-refractivity contribution in [3.63, 3.8) is 0 Å². The van der Waals surface area contributed by atoms with Gasteiger partial charge in [-0.3, -0.25) is 4.90 Å². The van der Waals surface area contributed by atoms with Crippen molar-refractivity contribution < 1.29 is 18.3 Å². The van der Waals surface area contributed by atoms with Crippen molar-refractivity contribution in [3.05, 3.63) is 28.9 Å². The largest absolute Gasteiger partial charge is 0.443 e. The van der Waals surface area contributed by atoms with Crippen LogP contribution in [0.1, 0.15) is 33.6 Å². The molecule has 10 heteroatoms. The van der Waals surface area contributed by atoms with Gasteiger partial charge in [-0.25, -0.2) is 18.6 Å². The molecule has 1 N–H and O–H groups in total. The van der Waals surface area contributed by atoms with E-state index >= 15 is 4.39 Å². The van der Waals surface area contributed by atoms with Crippen molar-refractivity contribution in [1.82, 2.24) is 14.9 Å². The fraction of sp³-hybridized carbons (Fsp3) is 0.520. The first kappa shape index (κ1) is 24.1. The van der Waals surface area contributed by atoms with Crippen LogP contribution in [0.2, 0.25) is 5.02 Å². The minimum absolute atomic E-state index is 0.0244. The van der Waals surface area contributed by atoms with E-state index in [9.17, 15) is 9.18 Å². The number of hydrogen-bond donors (Lipinski definition) is 1. The highest BCUT2D eigenvalue weighted by Crippen LogP contribution is 2.57. The Morgan fingerprint density at radius 1 is 1.29 bits per heavy atom. The van der Waals surface area contributed by atoms with E-state index in [-0.39, 0.29) is 22.0 Å². The van der Waals surface area contributed by atoms with Crippen LogP contribution in [-0.4, -0.2) is 66.8 Å². The molecule has 3 heterocycles. The van der Waals surface area contributed by atoms with E-state index in [1.807, 2.05) is 0 Å². The molecule has 1 saturated carbocycles. The second-order valence-electron chi connectivity index (χ2n) is 11.0. The Hall–Kier alpha value is -2.65. The molecule has 1 aromatic carbocycles. The fourth-order valence-electron chi connectivity index (χ4n) is 5.49. The van der Waals surface area contributed by atoms with Crippen molar-refractivity contribution in [1.29, 1.82) is 0 Å². The molecule has 1 unspecified atom stereocenters. The van der Waals surface area contributed by atoms with Crippen LogP contribution in [0.15, 0.2) is 12.3 Å². The summed E-state index contributed by atoms with van der Waals surface area (Å²) in [5.74, 6) is -2.08. The number of H-pyrrole nitrogens is 1. The minimum Gasteiger partial charge on any atom is -0.443 e. The Kier molecular flexibility index (Phi) is 5.45. The van der Waals surface area contributed by atoms with Crippen molar-refractivity contribution in [2.45, 2.75) is 45.3 Å². The van der Waals surface area contributed by atoms with E-state index in [0.29, 0.717) is 27.8 Å². The highest BCUT2D eigenvalue weighted by molar-refractivity contribution is 6.36. The zero-order valence-electron chi connectivity index (χ0n) is 20.8. The smallest absolute Gasteiger partial charge is 0.414 e. The second-order valence-corrected chi connectivity index (χ2v) is 11.4. The van der Waals surface area contributed by atoms with Crippen LogP contribution < -0.4 is 9.80 Å². The third-order valence-corrected chi connectivity index (χ3v) is 7.48. The molecule has 2 fully saturated rings. The SMILES string of the molecule is CN(C(=O)OC(C)(C)C)c1cc(F)c(F)c2c1[nH]c1ncc(Cl)c(N3CCC4(C[C@@H]4N(C)C)C3)c12. The van der Waals surface area contributed by atoms with Crippen LogP contribution in [0, 0.1) is 17.0 Å². The number of amides is 1. The third kappa shape index (κ3) is 3.89. The summed E-state index contributed by atoms with van der Waals surface area (Å²) in [7, 11) is 5.63. The number of anilines is 2. The number of rotatable bonds is 3. The monoisotopic (exact) mass is 505 g/mol. The summed E-state index contributed by atoms with van der Waals surface area (Å²) >= 11 is 6.64. The first-order chi connectivity index (χ1) is 16.3. The van der Waals surface area contributed by atoms with Crippen LogP contribution in [0.25, 0.3) is 21.9 Å². The molecule has 2 aromatic heterocycles. The van der Waals surface area contributed by atoms with Gasteiger partial charge in [-0.15, -0.1) is 0 Å². The summed E-state index contributed by atoms with van der Waals surface area (Å²) < 4.78 is 35.7. The summed E-state index contributed by atoms with van der Waals surface area (Å²) in [5, 5.41) is 0.821. The molecular formula is C25H30ClF2N5O2. The van der Waals surface area contributed by atoms with Gasteiger partial charge in [-0.1, -0.05) is 11.6 Å². The standard InChI is InChI=1S/C25H30ClF2N5O2/c1-24(2,3)35-23(34)32(6)15-9-14(27)19(28)17-18-21(13(26)11-29-22(18)30-20(15)17)33-8-7-25(12-33)10-16(25)31(4)5/h9,11,16H,7-8,10,12H2,1-6H3,(H,29,30)/t16-,25?/m0/s1. The van der Waals surface area contributed by atoms with Gasteiger partial charge in [0.15, 0.2) is 11.6 Å². The van der Waals surface area contributed by atoms with E-state index in [0.717, 1.165) is 32.0 Å². The Bertz CT molecular complexity index is 1350. The number of hydrogen-bond acceptors (Lipinski definition) is 5. The average Bonchev–Trinajstić information content (AvgIpc) is 3.10. The van der Waals surface area contributed by atoms with Gasteiger partial charge in [0.05, 0.1) is 38.9 Å². The van der Waals surface area contributed by atoms with Gasteiger partial charge in [0.2, 0.25) is 0 Å². The van der Waals surface area contributed by atoms with Gasteiger partial charge in [0.25, 0.3) is 0 Å². The molecule has 188 valence electrons. The van der Waals surface area contributed by atoms with E-state index in [1.54, 1.807) is 20.8 Å². The second kappa shape index (κ2) is 7.93. The summed E-state index contributed by atoms with van der Waals surface area (Å²) in [5.41, 5.74) is 0.865. The number of nitrogens with zero attached hydrogens (tertiary/aromatic N) is 4. The molecule has 2 atom stereocenters. The number of nitrogens with one attached hydrogen (secondary N) is 1.